The summed E-state index contributed by atoms with van der Waals surface area (Å²) < 4.78 is 15.9. The molecule has 3 amide bonds. The molecule has 13 heteroatoms. The minimum absolute atomic E-state index is 0.0123. The van der Waals surface area contributed by atoms with Crippen LogP contribution in [0.25, 0.3) is 0 Å². The first-order valence-electron chi connectivity index (χ1n) is 13.5. The largest absolute Gasteiger partial charge is 0.457 e. The first-order chi connectivity index (χ1) is 19.7. The third kappa shape index (κ3) is 5.78. The van der Waals surface area contributed by atoms with Crippen LogP contribution in [0.5, 0.6) is 0 Å². The molecule has 12 nitrogen and oxygen atoms in total. The van der Waals surface area contributed by atoms with Gasteiger partial charge >= 0.3 is 18.2 Å². The summed E-state index contributed by atoms with van der Waals surface area (Å²) in [5, 5.41) is 10.0. The molecular weight excluding hydrogens is 552 g/mol. The second kappa shape index (κ2) is 12.9. The molecule has 222 valence electrons. The van der Waals surface area contributed by atoms with E-state index in [4.69, 9.17) is 14.2 Å². The summed E-state index contributed by atoms with van der Waals surface area (Å²) in [7, 11) is 0. The summed E-state index contributed by atoms with van der Waals surface area (Å²) in [6, 6.07) is -0.961. The van der Waals surface area contributed by atoms with Crippen molar-refractivity contribution in [1.82, 2.24) is 14.7 Å². The number of β-lactam (4-membered cyclic amide) rings is 1. The Morgan fingerprint density at radius 3 is 2.37 bits per heavy atom. The number of hydrogen-bond acceptors (Lipinski definition) is 10. The number of amides is 3. The van der Waals surface area contributed by atoms with Gasteiger partial charge < -0.3 is 24.2 Å². The number of thioether (sulfide) groups is 1. The van der Waals surface area contributed by atoms with Gasteiger partial charge in [0.1, 0.15) is 31.4 Å². The monoisotopic (exact) mass is 588 g/mol. The van der Waals surface area contributed by atoms with Gasteiger partial charge in [-0.15, -0.1) is 11.8 Å². The number of carbonyl (C=O) groups excluding carboxylic acids is 4. The molecule has 41 heavy (non-hydrogen) atoms. The lowest BCUT2D eigenvalue weighted by Crippen LogP contribution is -2.63. The number of amidine groups is 1. The Morgan fingerprint density at radius 1 is 1.10 bits per heavy atom. The number of aliphatic imine (C=N–C) groups is 1. The van der Waals surface area contributed by atoms with Gasteiger partial charge in [0.05, 0.1) is 37.2 Å². The van der Waals surface area contributed by atoms with Crippen LogP contribution in [-0.2, 0) is 23.8 Å². The second-order valence-corrected chi connectivity index (χ2v) is 11.5. The number of likely N-dealkylation sites (tertiary alicyclic amines) is 1. The Kier molecular flexibility index (Phi) is 9.59. The van der Waals surface area contributed by atoms with Gasteiger partial charge in [0.2, 0.25) is 5.91 Å². The van der Waals surface area contributed by atoms with Gasteiger partial charge in [0, 0.05) is 22.6 Å². The lowest BCUT2D eigenvalue weighted by Gasteiger charge is -2.46. The van der Waals surface area contributed by atoms with E-state index in [1.165, 1.54) is 44.7 Å². The van der Waals surface area contributed by atoms with Crippen molar-refractivity contribution in [2.24, 2.45) is 16.8 Å². The van der Waals surface area contributed by atoms with E-state index in [9.17, 15) is 24.3 Å². The number of aliphatic hydroxyl groups is 1. The predicted octanol–water partition coefficient (Wildman–Crippen LogP) is 2.32. The Bertz CT molecular complexity index is 1180. The quantitative estimate of drug-likeness (QED) is 0.167. The van der Waals surface area contributed by atoms with Crippen LogP contribution in [0.2, 0.25) is 0 Å². The summed E-state index contributed by atoms with van der Waals surface area (Å²) >= 11 is 1.39. The van der Waals surface area contributed by atoms with Crippen molar-refractivity contribution in [3.8, 4) is 0 Å². The first-order valence-corrected chi connectivity index (χ1v) is 14.4. The third-order valence-electron chi connectivity index (χ3n) is 7.47. The van der Waals surface area contributed by atoms with Crippen molar-refractivity contribution in [2.75, 3.05) is 39.5 Å². The fourth-order valence-electron chi connectivity index (χ4n) is 5.74. The van der Waals surface area contributed by atoms with E-state index in [-0.39, 0.29) is 55.2 Å². The van der Waals surface area contributed by atoms with Crippen molar-refractivity contribution in [1.29, 1.82) is 0 Å². The van der Waals surface area contributed by atoms with Gasteiger partial charge in [-0.3, -0.25) is 19.6 Å². The van der Waals surface area contributed by atoms with Crippen molar-refractivity contribution in [3.63, 3.8) is 0 Å². The standard InChI is InChI=1S/C28H36N4O8S/c1-6-11-38-26(35)22-23(16(4)21-20(17(5)33)25(34)32(21)22)41-18-14-19(31(15-18)28(37)40-13-8-3)24-29-9-10-30(24)27(36)39-12-7-2/h6-8,16-21,33H,1-3,9-15H2,4-5H3. The van der Waals surface area contributed by atoms with Gasteiger partial charge in [-0.1, -0.05) is 44.9 Å². The molecule has 0 radical (unpaired) electrons. The molecule has 0 aromatic carbocycles. The topological polar surface area (TPSA) is 138 Å². The Morgan fingerprint density at radius 2 is 1.73 bits per heavy atom. The molecule has 4 aliphatic heterocycles. The number of rotatable bonds is 11. The summed E-state index contributed by atoms with van der Waals surface area (Å²) in [6.07, 6.45) is 2.74. The van der Waals surface area contributed by atoms with E-state index < -0.39 is 36.2 Å². The minimum Gasteiger partial charge on any atom is -0.457 e. The molecule has 6 unspecified atom stereocenters. The summed E-state index contributed by atoms with van der Waals surface area (Å²) in [6.45, 7) is 15.2. The van der Waals surface area contributed by atoms with Crippen LogP contribution in [0.3, 0.4) is 0 Å². The molecular formula is C28H36N4O8S. The summed E-state index contributed by atoms with van der Waals surface area (Å²) in [4.78, 5) is 61.5. The molecule has 4 heterocycles. The maximum atomic E-state index is 13.1. The van der Waals surface area contributed by atoms with Crippen molar-refractivity contribution >= 4 is 41.7 Å². The molecule has 4 rings (SSSR count). The highest BCUT2D eigenvalue weighted by molar-refractivity contribution is 8.03. The number of fused-ring (bicyclic) bond motifs is 1. The Hall–Kier alpha value is -3.58. The molecule has 2 saturated heterocycles. The number of carbonyl (C=O) groups is 4. The van der Waals surface area contributed by atoms with Gasteiger partial charge in [0.15, 0.2) is 0 Å². The molecule has 2 fully saturated rings. The van der Waals surface area contributed by atoms with Crippen LogP contribution < -0.4 is 0 Å². The molecule has 0 saturated carbocycles. The second-order valence-electron chi connectivity index (χ2n) is 10.1. The fraction of sp³-hybridized carbons (Fsp3) is 0.536. The van der Waals surface area contributed by atoms with Crippen LogP contribution in [0, 0.1) is 11.8 Å². The van der Waals surface area contributed by atoms with E-state index in [1.54, 1.807) is 6.92 Å². The Balaban J connectivity index is 1.62. The maximum Gasteiger partial charge on any atom is 0.415 e. The summed E-state index contributed by atoms with van der Waals surface area (Å²) in [5.41, 5.74) is 0.160. The van der Waals surface area contributed by atoms with E-state index in [1.807, 2.05) is 6.92 Å². The SMILES string of the molecule is C=CCOC(=O)C1=C(SC2CC(C3=NCCN3C(=O)OCC=C)N(C(=O)OCC=C)C2)C(C)C2C(C(C)O)C(=O)N12. The molecule has 0 aromatic rings. The lowest BCUT2D eigenvalue weighted by atomic mass is 9.79. The van der Waals surface area contributed by atoms with Crippen LogP contribution in [0.1, 0.15) is 20.3 Å². The predicted molar refractivity (Wildman–Crippen MR) is 152 cm³/mol. The van der Waals surface area contributed by atoms with Crippen LogP contribution in [-0.4, -0.2) is 113 Å². The zero-order chi connectivity index (χ0) is 29.8. The zero-order valence-corrected chi connectivity index (χ0v) is 24.1. The number of esters is 1. The number of hydrogen-bond donors (Lipinski definition) is 1. The third-order valence-corrected chi connectivity index (χ3v) is 8.96. The number of aliphatic hydroxyl groups excluding tert-OH is 1. The highest BCUT2D eigenvalue weighted by atomic mass is 32.2. The van der Waals surface area contributed by atoms with Gasteiger partial charge in [-0.05, 0) is 13.3 Å². The van der Waals surface area contributed by atoms with Crippen molar-refractivity contribution < 1.29 is 38.5 Å². The fourth-order valence-corrected chi connectivity index (χ4v) is 7.26. The zero-order valence-electron chi connectivity index (χ0n) is 23.3. The van der Waals surface area contributed by atoms with E-state index >= 15 is 0 Å². The molecule has 0 spiro atoms. The normalized spacial score (nSPS) is 27.6. The summed E-state index contributed by atoms with van der Waals surface area (Å²) in [5.74, 6) is -1.45. The van der Waals surface area contributed by atoms with Gasteiger partial charge in [-0.25, -0.2) is 14.4 Å². The van der Waals surface area contributed by atoms with E-state index in [0.29, 0.717) is 30.3 Å². The average Bonchev–Trinajstić information content (AvgIpc) is 3.65. The highest BCUT2D eigenvalue weighted by Crippen LogP contribution is 2.52. The minimum atomic E-state index is -0.876. The molecule has 0 aromatic heterocycles. The average molecular weight is 589 g/mol. The number of ether oxygens (including phenoxy) is 3. The molecule has 0 aliphatic carbocycles. The van der Waals surface area contributed by atoms with E-state index in [2.05, 4.69) is 24.7 Å². The van der Waals surface area contributed by atoms with Crippen LogP contribution >= 0.6 is 11.8 Å². The number of nitrogens with zero attached hydrogens (tertiary/aromatic N) is 4. The van der Waals surface area contributed by atoms with Crippen LogP contribution in [0.15, 0.2) is 53.6 Å². The first kappa shape index (κ1) is 30.4. The van der Waals surface area contributed by atoms with E-state index in [0.717, 1.165) is 0 Å². The van der Waals surface area contributed by atoms with Gasteiger partial charge in [-0.2, -0.15) is 0 Å². The van der Waals surface area contributed by atoms with Crippen molar-refractivity contribution in [2.45, 2.75) is 43.7 Å². The molecule has 6 atom stereocenters. The van der Waals surface area contributed by atoms with Crippen molar-refractivity contribution in [3.05, 3.63) is 48.6 Å². The Labute approximate surface area is 243 Å². The molecule has 0 bridgehead atoms. The molecule has 1 N–H and O–H groups in total. The lowest BCUT2D eigenvalue weighted by molar-refractivity contribution is -0.164. The molecule has 4 aliphatic rings. The van der Waals surface area contributed by atoms with Crippen LogP contribution in [0.4, 0.5) is 9.59 Å². The maximum absolute atomic E-state index is 13.1. The van der Waals surface area contributed by atoms with Gasteiger partial charge in [0.25, 0.3) is 0 Å². The smallest absolute Gasteiger partial charge is 0.415 e. The highest BCUT2D eigenvalue weighted by Gasteiger charge is 2.60.